The van der Waals surface area contributed by atoms with Gasteiger partial charge in [-0.25, -0.2) is 0 Å². The van der Waals surface area contributed by atoms with Crippen molar-refractivity contribution >= 4 is 21.5 Å². The normalized spacial score (nSPS) is 9.52. The van der Waals surface area contributed by atoms with Gasteiger partial charge in [-0.15, -0.1) is 0 Å². The van der Waals surface area contributed by atoms with E-state index < -0.39 is 0 Å². The second-order valence-corrected chi connectivity index (χ2v) is 4.65. The van der Waals surface area contributed by atoms with Crippen LogP contribution in [0.3, 0.4) is 0 Å². The Bertz CT molecular complexity index is 590. The number of hydrogen-bond donors (Lipinski definition) is 2. The number of hydrogen-bond acceptors (Lipinski definition) is 2. The molecule has 0 aliphatic heterocycles. The van der Waals surface area contributed by atoms with Crippen LogP contribution in [0.2, 0.25) is 0 Å². The Hall–Kier alpha value is -1.90. The van der Waals surface area contributed by atoms with Crippen LogP contribution in [0, 0.1) is 0 Å². The predicted octanol–water partition coefficient (Wildman–Crippen LogP) is 4.31. The average molecular weight is 282 g/mol. The molecule has 0 spiro atoms. The molecular formula is C19H26N2. The fourth-order valence-corrected chi connectivity index (χ4v) is 2.16. The predicted molar refractivity (Wildman–Crippen MR) is 95.5 cm³/mol. The standard InChI is InChI=1S/C14H10.C4H11N.CH5N/c1-3-7-13-11(5-1)9-10-12-6-2-4-8-14(12)13;1-2-3-4-5;1-2/h1-10H;2-5H2,1H3;2H2,1H3. The first-order chi connectivity index (χ1) is 10.4. The smallest absolute Gasteiger partial charge is 0.00774 e. The molecule has 0 aliphatic carbocycles. The highest BCUT2D eigenvalue weighted by molar-refractivity contribution is 6.07. The second kappa shape index (κ2) is 9.92. The van der Waals surface area contributed by atoms with E-state index in [1.165, 1.54) is 41.4 Å². The quantitative estimate of drug-likeness (QED) is 0.688. The first kappa shape index (κ1) is 17.2. The Morgan fingerprint density at radius 3 is 1.48 bits per heavy atom. The maximum Gasteiger partial charge on any atom is -0.00774 e. The monoisotopic (exact) mass is 282 g/mol. The Kier molecular flexibility index (Phi) is 8.10. The molecule has 0 amide bonds. The molecule has 2 nitrogen and oxygen atoms in total. The lowest BCUT2D eigenvalue weighted by Gasteiger charge is -2.02. The highest BCUT2D eigenvalue weighted by atomic mass is 14.5. The fraction of sp³-hybridized carbons (Fsp3) is 0.263. The summed E-state index contributed by atoms with van der Waals surface area (Å²) in [6, 6.07) is 21.4. The van der Waals surface area contributed by atoms with Crippen LogP contribution in [0.5, 0.6) is 0 Å². The summed E-state index contributed by atoms with van der Waals surface area (Å²) in [5.41, 5.74) is 9.64. The van der Waals surface area contributed by atoms with Crippen molar-refractivity contribution in [3.63, 3.8) is 0 Å². The van der Waals surface area contributed by atoms with Crippen LogP contribution in [0.15, 0.2) is 60.7 Å². The number of rotatable bonds is 2. The first-order valence-electron chi connectivity index (χ1n) is 7.51. The third-order valence-electron chi connectivity index (χ3n) is 3.21. The highest BCUT2D eigenvalue weighted by Gasteiger charge is 1.97. The van der Waals surface area contributed by atoms with E-state index in [4.69, 9.17) is 5.73 Å². The largest absolute Gasteiger partial charge is 0.333 e. The summed E-state index contributed by atoms with van der Waals surface area (Å²) in [6.07, 6.45) is 2.39. The van der Waals surface area contributed by atoms with Gasteiger partial charge >= 0.3 is 0 Å². The molecule has 0 fully saturated rings. The molecule has 0 unspecified atom stereocenters. The molecule has 0 atom stereocenters. The van der Waals surface area contributed by atoms with Gasteiger partial charge < -0.3 is 11.5 Å². The van der Waals surface area contributed by atoms with E-state index in [1.54, 1.807) is 0 Å². The van der Waals surface area contributed by atoms with Gasteiger partial charge in [-0.1, -0.05) is 74.0 Å². The Labute approximate surface area is 127 Å². The maximum atomic E-state index is 5.14. The zero-order chi connectivity index (χ0) is 15.5. The molecule has 0 saturated carbocycles. The topological polar surface area (TPSA) is 52.0 Å². The van der Waals surface area contributed by atoms with E-state index in [-0.39, 0.29) is 0 Å². The molecule has 0 saturated heterocycles. The SMILES string of the molecule is CCCCN.CN.c1ccc2c(c1)ccc1ccccc12. The van der Waals surface area contributed by atoms with Crippen LogP contribution in [-0.2, 0) is 0 Å². The molecule has 0 heterocycles. The van der Waals surface area contributed by atoms with Crippen molar-refractivity contribution in [2.75, 3.05) is 13.6 Å². The van der Waals surface area contributed by atoms with Crippen LogP contribution in [-0.4, -0.2) is 13.6 Å². The van der Waals surface area contributed by atoms with Crippen molar-refractivity contribution in [1.82, 2.24) is 0 Å². The van der Waals surface area contributed by atoms with Crippen molar-refractivity contribution in [2.24, 2.45) is 11.5 Å². The lowest BCUT2D eigenvalue weighted by Crippen LogP contribution is -1.95. The van der Waals surface area contributed by atoms with Gasteiger partial charge in [0.1, 0.15) is 0 Å². The van der Waals surface area contributed by atoms with Crippen LogP contribution < -0.4 is 11.5 Å². The maximum absolute atomic E-state index is 5.14. The van der Waals surface area contributed by atoms with Gasteiger partial charge in [0.2, 0.25) is 0 Å². The third-order valence-corrected chi connectivity index (χ3v) is 3.21. The minimum atomic E-state index is 0.844. The van der Waals surface area contributed by atoms with E-state index in [1.807, 2.05) is 0 Å². The van der Waals surface area contributed by atoms with Gasteiger partial charge in [0, 0.05) is 0 Å². The van der Waals surface area contributed by atoms with Crippen molar-refractivity contribution in [1.29, 1.82) is 0 Å². The van der Waals surface area contributed by atoms with Crippen LogP contribution in [0.4, 0.5) is 0 Å². The molecule has 0 aromatic heterocycles. The number of fused-ring (bicyclic) bond motifs is 3. The fourth-order valence-electron chi connectivity index (χ4n) is 2.16. The van der Waals surface area contributed by atoms with Crippen LogP contribution >= 0.6 is 0 Å². The first-order valence-corrected chi connectivity index (χ1v) is 7.51. The van der Waals surface area contributed by atoms with Crippen molar-refractivity contribution < 1.29 is 0 Å². The minimum Gasteiger partial charge on any atom is -0.333 e. The summed E-state index contributed by atoms with van der Waals surface area (Å²) >= 11 is 0. The van der Waals surface area contributed by atoms with Gasteiger partial charge in [0.15, 0.2) is 0 Å². The molecule has 0 bridgehead atoms. The molecule has 3 aromatic carbocycles. The molecule has 3 aromatic rings. The van der Waals surface area contributed by atoms with E-state index in [0.29, 0.717) is 0 Å². The van der Waals surface area contributed by atoms with Gasteiger partial charge in [0.25, 0.3) is 0 Å². The Morgan fingerprint density at radius 1 is 0.714 bits per heavy atom. The van der Waals surface area contributed by atoms with Crippen LogP contribution in [0.25, 0.3) is 21.5 Å². The summed E-state index contributed by atoms with van der Waals surface area (Å²) in [6.45, 7) is 2.98. The van der Waals surface area contributed by atoms with Crippen molar-refractivity contribution in [2.45, 2.75) is 19.8 Å². The third kappa shape index (κ3) is 4.85. The van der Waals surface area contributed by atoms with Gasteiger partial charge in [0.05, 0.1) is 0 Å². The van der Waals surface area contributed by atoms with Gasteiger partial charge in [-0.2, -0.15) is 0 Å². The summed E-state index contributed by atoms with van der Waals surface area (Å²) in [4.78, 5) is 0. The number of nitrogens with two attached hydrogens (primary N) is 2. The second-order valence-electron chi connectivity index (χ2n) is 4.65. The number of unbranched alkanes of at least 4 members (excludes halogenated alkanes) is 1. The van der Waals surface area contributed by atoms with E-state index in [0.717, 1.165) is 6.54 Å². The van der Waals surface area contributed by atoms with Crippen molar-refractivity contribution in [3.05, 3.63) is 60.7 Å². The average Bonchev–Trinajstić information content (AvgIpc) is 2.58. The number of benzene rings is 3. The zero-order valence-corrected chi connectivity index (χ0v) is 13.0. The lowest BCUT2D eigenvalue weighted by molar-refractivity contribution is 0.807. The summed E-state index contributed by atoms with van der Waals surface area (Å²) in [5.74, 6) is 0. The lowest BCUT2D eigenvalue weighted by atomic mass is 10.0. The van der Waals surface area contributed by atoms with E-state index >= 15 is 0 Å². The Morgan fingerprint density at radius 2 is 1.14 bits per heavy atom. The Balaban J connectivity index is 0.000000272. The molecule has 0 aliphatic rings. The van der Waals surface area contributed by atoms with Crippen LogP contribution in [0.1, 0.15) is 19.8 Å². The summed E-state index contributed by atoms with van der Waals surface area (Å²) in [7, 11) is 1.50. The van der Waals surface area contributed by atoms with Crippen molar-refractivity contribution in [3.8, 4) is 0 Å². The summed E-state index contributed by atoms with van der Waals surface area (Å²) < 4.78 is 0. The zero-order valence-electron chi connectivity index (χ0n) is 13.0. The van der Waals surface area contributed by atoms with Gasteiger partial charge in [-0.3, -0.25) is 0 Å². The molecule has 112 valence electrons. The molecule has 21 heavy (non-hydrogen) atoms. The molecule has 0 radical (unpaired) electrons. The molecule has 4 N–H and O–H groups in total. The van der Waals surface area contributed by atoms with E-state index in [9.17, 15) is 0 Å². The minimum absolute atomic E-state index is 0.844. The molecule has 3 rings (SSSR count). The molecule has 2 heteroatoms. The highest BCUT2D eigenvalue weighted by Crippen LogP contribution is 2.24. The summed E-state index contributed by atoms with van der Waals surface area (Å²) in [5, 5.41) is 5.30. The van der Waals surface area contributed by atoms with E-state index in [2.05, 4.69) is 73.3 Å². The van der Waals surface area contributed by atoms with Gasteiger partial charge in [-0.05, 0) is 41.6 Å². The molecular weight excluding hydrogens is 256 g/mol.